The Morgan fingerprint density at radius 3 is 2.56 bits per heavy atom. The molecular formula is C29H25F2NO7. The van der Waals surface area contributed by atoms with E-state index in [0.717, 1.165) is 0 Å². The molecule has 0 bridgehead atoms. The predicted octanol–water partition coefficient (Wildman–Crippen LogP) is 4.94. The fraction of sp³-hybridized carbons (Fsp3) is 0.310. The molecule has 2 unspecified atom stereocenters. The van der Waals surface area contributed by atoms with Crippen molar-refractivity contribution >= 4 is 11.9 Å². The topological polar surface area (TPSA) is 92.3 Å². The molecule has 4 atom stereocenters. The van der Waals surface area contributed by atoms with Crippen LogP contribution in [0.15, 0.2) is 60.7 Å². The largest absolute Gasteiger partial charge is 0.497 e. The van der Waals surface area contributed by atoms with E-state index < -0.39 is 41.8 Å². The number of fused-ring (bicyclic) bond motifs is 2. The van der Waals surface area contributed by atoms with Crippen LogP contribution in [-0.2, 0) is 9.53 Å². The first-order chi connectivity index (χ1) is 18.8. The Morgan fingerprint density at radius 2 is 1.77 bits per heavy atom. The SMILES string of the molecule is COC(=O)c1cccc([C@H]2C[C@@H](NC(=O)C3C(c4ccc5c(c4)OCO5)C3(F)F)c3ccc(OC)cc3O2)c1. The molecule has 1 amide bonds. The summed E-state index contributed by atoms with van der Waals surface area (Å²) in [4.78, 5) is 25.4. The summed E-state index contributed by atoms with van der Waals surface area (Å²) in [5.74, 6) is -5.38. The van der Waals surface area contributed by atoms with Crippen molar-refractivity contribution in [1.82, 2.24) is 5.32 Å². The summed E-state index contributed by atoms with van der Waals surface area (Å²) >= 11 is 0. The molecular weight excluding hydrogens is 512 g/mol. The van der Waals surface area contributed by atoms with Crippen molar-refractivity contribution in [2.75, 3.05) is 21.0 Å². The first kappa shape index (κ1) is 25.0. The highest BCUT2D eigenvalue weighted by atomic mass is 19.3. The number of carbonyl (C=O) groups is 2. The second-order valence-electron chi connectivity index (χ2n) is 9.67. The van der Waals surface area contributed by atoms with Gasteiger partial charge in [0.2, 0.25) is 12.7 Å². The first-order valence-corrected chi connectivity index (χ1v) is 12.4. The number of hydrogen-bond donors (Lipinski definition) is 1. The van der Waals surface area contributed by atoms with Gasteiger partial charge in [-0.1, -0.05) is 18.2 Å². The lowest BCUT2D eigenvalue weighted by Crippen LogP contribution is -2.35. The van der Waals surface area contributed by atoms with Crippen LogP contribution in [-0.4, -0.2) is 38.8 Å². The van der Waals surface area contributed by atoms with Gasteiger partial charge in [-0.05, 0) is 47.5 Å². The molecule has 10 heteroatoms. The maximum Gasteiger partial charge on any atom is 0.337 e. The van der Waals surface area contributed by atoms with Gasteiger partial charge in [-0.15, -0.1) is 0 Å². The van der Waals surface area contributed by atoms with Crippen LogP contribution in [0, 0.1) is 5.92 Å². The zero-order valence-electron chi connectivity index (χ0n) is 21.1. The van der Waals surface area contributed by atoms with Crippen LogP contribution < -0.4 is 24.3 Å². The molecule has 3 aliphatic rings. The molecule has 1 fully saturated rings. The highest BCUT2D eigenvalue weighted by Crippen LogP contribution is 2.62. The molecule has 3 aromatic rings. The lowest BCUT2D eigenvalue weighted by Gasteiger charge is -2.33. The quantitative estimate of drug-likeness (QED) is 0.446. The van der Waals surface area contributed by atoms with Crippen molar-refractivity contribution in [3.63, 3.8) is 0 Å². The summed E-state index contributed by atoms with van der Waals surface area (Å²) in [6.07, 6.45) is -0.299. The van der Waals surface area contributed by atoms with Gasteiger partial charge in [-0.25, -0.2) is 13.6 Å². The van der Waals surface area contributed by atoms with Gasteiger partial charge < -0.3 is 29.0 Å². The van der Waals surface area contributed by atoms with E-state index in [1.807, 2.05) is 0 Å². The van der Waals surface area contributed by atoms with E-state index in [2.05, 4.69) is 5.32 Å². The second kappa shape index (κ2) is 9.44. The lowest BCUT2D eigenvalue weighted by atomic mass is 9.92. The summed E-state index contributed by atoms with van der Waals surface area (Å²) in [6, 6.07) is 16.0. The van der Waals surface area contributed by atoms with Gasteiger partial charge in [0.1, 0.15) is 23.5 Å². The summed E-state index contributed by atoms with van der Waals surface area (Å²) in [5.41, 5.74) is 1.99. The minimum absolute atomic E-state index is 0.0292. The van der Waals surface area contributed by atoms with Crippen molar-refractivity contribution in [1.29, 1.82) is 0 Å². The van der Waals surface area contributed by atoms with Gasteiger partial charge in [0, 0.05) is 18.1 Å². The van der Waals surface area contributed by atoms with Gasteiger partial charge in [-0.3, -0.25) is 4.79 Å². The van der Waals surface area contributed by atoms with E-state index in [0.29, 0.717) is 45.3 Å². The molecule has 202 valence electrons. The molecule has 3 aromatic carbocycles. The Morgan fingerprint density at radius 1 is 0.949 bits per heavy atom. The monoisotopic (exact) mass is 537 g/mol. The van der Waals surface area contributed by atoms with Gasteiger partial charge in [0.15, 0.2) is 11.5 Å². The Balaban J connectivity index is 1.27. The Hall–Kier alpha value is -4.34. The maximum absolute atomic E-state index is 15.0. The number of rotatable bonds is 6. The van der Waals surface area contributed by atoms with E-state index in [4.69, 9.17) is 23.7 Å². The number of halogens is 2. The highest BCUT2D eigenvalue weighted by molar-refractivity contribution is 5.89. The van der Waals surface area contributed by atoms with E-state index in [1.54, 1.807) is 54.6 Å². The van der Waals surface area contributed by atoms with Crippen LogP contribution in [0.5, 0.6) is 23.0 Å². The van der Waals surface area contributed by atoms with Crippen molar-refractivity contribution in [2.24, 2.45) is 5.92 Å². The Kier molecular flexibility index (Phi) is 6.05. The number of alkyl halides is 2. The molecule has 1 aliphatic carbocycles. The van der Waals surface area contributed by atoms with E-state index >= 15 is 0 Å². The molecule has 6 rings (SSSR count). The van der Waals surface area contributed by atoms with Crippen molar-refractivity contribution < 1.29 is 42.1 Å². The van der Waals surface area contributed by atoms with Gasteiger partial charge in [0.25, 0.3) is 5.92 Å². The number of benzene rings is 3. The van der Waals surface area contributed by atoms with Crippen molar-refractivity contribution in [3.05, 3.63) is 82.9 Å². The molecule has 39 heavy (non-hydrogen) atoms. The van der Waals surface area contributed by atoms with Gasteiger partial charge >= 0.3 is 5.97 Å². The average molecular weight is 538 g/mol. The molecule has 8 nitrogen and oxygen atoms in total. The fourth-order valence-corrected chi connectivity index (χ4v) is 5.33. The van der Waals surface area contributed by atoms with Crippen LogP contribution in [0.2, 0.25) is 0 Å². The van der Waals surface area contributed by atoms with Gasteiger partial charge in [0.05, 0.1) is 31.7 Å². The number of ether oxygens (including phenoxy) is 5. The molecule has 2 aliphatic heterocycles. The van der Waals surface area contributed by atoms with Crippen molar-refractivity contribution in [2.45, 2.75) is 30.4 Å². The standard InChI is InChI=1S/C29H25F2NO7/c1-35-18-7-8-19-20(13-22(39-23(19)12-18)15-4-3-5-17(10-15)28(34)36-2)32-27(33)26-25(29(26,30)31)16-6-9-21-24(11-16)38-14-37-21/h3-12,20,22,25-26H,13-14H2,1-2H3,(H,32,33)/t20-,22-,25?,26?/m1/s1. The summed E-state index contributed by atoms with van der Waals surface area (Å²) in [7, 11) is 2.82. The predicted molar refractivity (Wildman–Crippen MR) is 133 cm³/mol. The number of nitrogens with one attached hydrogen (secondary N) is 1. The minimum atomic E-state index is -3.21. The van der Waals surface area contributed by atoms with Crippen LogP contribution in [0.25, 0.3) is 0 Å². The molecule has 1 saturated carbocycles. The van der Waals surface area contributed by atoms with Crippen LogP contribution in [0.3, 0.4) is 0 Å². The lowest BCUT2D eigenvalue weighted by molar-refractivity contribution is -0.125. The summed E-state index contributed by atoms with van der Waals surface area (Å²) in [5, 5.41) is 2.84. The maximum atomic E-state index is 15.0. The third kappa shape index (κ3) is 4.39. The zero-order valence-corrected chi connectivity index (χ0v) is 21.1. The molecule has 0 radical (unpaired) electrons. The molecule has 0 aromatic heterocycles. The first-order valence-electron chi connectivity index (χ1n) is 12.4. The molecule has 1 N–H and O–H groups in total. The Bertz CT molecular complexity index is 1460. The molecule has 2 heterocycles. The normalized spacial score (nSPS) is 23.7. The summed E-state index contributed by atoms with van der Waals surface area (Å²) in [6.45, 7) is 0.0292. The van der Waals surface area contributed by atoms with Gasteiger partial charge in [-0.2, -0.15) is 0 Å². The number of amides is 1. The number of methoxy groups -OCH3 is 2. The zero-order chi connectivity index (χ0) is 27.3. The average Bonchev–Trinajstić information content (AvgIpc) is 3.27. The van der Waals surface area contributed by atoms with Crippen LogP contribution >= 0.6 is 0 Å². The minimum Gasteiger partial charge on any atom is -0.497 e. The molecule has 0 spiro atoms. The van der Waals surface area contributed by atoms with E-state index in [1.165, 1.54) is 20.3 Å². The number of esters is 1. The second-order valence-corrected chi connectivity index (χ2v) is 9.67. The summed E-state index contributed by atoms with van der Waals surface area (Å²) < 4.78 is 56.9. The highest BCUT2D eigenvalue weighted by Gasteiger charge is 2.72. The van der Waals surface area contributed by atoms with Crippen LogP contribution in [0.1, 0.15) is 51.5 Å². The number of hydrogen-bond acceptors (Lipinski definition) is 7. The van der Waals surface area contributed by atoms with Crippen molar-refractivity contribution in [3.8, 4) is 23.0 Å². The Labute approximate surface area is 222 Å². The smallest absolute Gasteiger partial charge is 0.337 e. The number of carbonyl (C=O) groups excluding carboxylic acids is 2. The van der Waals surface area contributed by atoms with Crippen LogP contribution in [0.4, 0.5) is 8.78 Å². The van der Waals surface area contributed by atoms with E-state index in [9.17, 15) is 18.4 Å². The fourth-order valence-electron chi connectivity index (χ4n) is 5.33. The third-order valence-electron chi connectivity index (χ3n) is 7.40. The third-order valence-corrected chi connectivity index (χ3v) is 7.40. The molecule has 0 saturated heterocycles. The van der Waals surface area contributed by atoms with E-state index in [-0.39, 0.29) is 13.2 Å².